The predicted octanol–water partition coefficient (Wildman–Crippen LogP) is 3.54. The lowest BCUT2D eigenvalue weighted by Gasteiger charge is -2.31. The SMILES string of the molecule is Cc1ccc(S(=O)(=O)NCC2CCCN(Cc3nc(-c4cccc(C)c4)no3)C2)cc1. The van der Waals surface area contributed by atoms with Crippen molar-refractivity contribution in [1.29, 1.82) is 0 Å². The lowest BCUT2D eigenvalue weighted by atomic mass is 9.98. The van der Waals surface area contributed by atoms with Crippen LogP contribution in [0.2, 0.25) is 0 Å². The van der Waals surface area contributed by atoms with Crippen LogP contribution in [0, 0.1) is 19.8 Å². The quantitative estimate of drug-likeness (QED) is 0.605. The van der Waals surface area contributed by atoms with Crippen molar-refractivity contribution in [3.8, 4) is 11.4 Å². The maximum Gasteiger partial charge on any atom is 0.241 e. The van der Waals surface area contributed by atoms with Gasteiger partial charge >= 0.3 is 0 Å². The van der Waals surface area contributed by atoms with Crippen LogP contribution in [0.3, 0.4) is 0 Å². The fraction of sp³-hybridized carbons (Fsp3) is 0.391. The van der Waals surface area contributed by atoms with E-state index >= 15 is 0 Å². The predicted molar refractivity (Wildman–Crippen MR) is 119 cm³/mol. The number of hydrogen-bond donors (Lipinski definition) is 1. The Balaban J connectivity index is 1.33. The van der Waals surface area contributed by atoms with Gasteiger partial charge in [0.2, 0.25) is 21.7 Å². The molecule has 1 N–H and O–H groups in total. The summed E-state index contributed by atoms with van der Waals surface area (Å²) in [5, 5.41) is 4.12. The van der Waals surface area contributed by atoms with Crippen LogP contribution in [0.4, 0.5) is 0 Å². The minimum absolute atomic E-state index is 0.244. The van der Waals surface area contributed by atoms with E-state index in [1.807, 2.05) is 50.2 Å². The Morgan fingerprint density at radius 1 is 1.13 bits per heavy atom. The third-order valence-electron chi connectivity index (χ3n) is 5.60. The summed E-state index contributed by atoms with van der Waals surface area (Å²) in [4.78, 5) is 7.10. The zero-order valence-electron chi connectivity index (χ0n) is 17.9. The van der Waals surface area contributed by atoms with Crippen molar-refractivity contribution >= 4 is 10.0 Å². The van der Waals surface area contributed by atoms with E-state index in [0.717, 1.165) is 42.6 Å². The molecule has 2 heterocycles. The third kappa shape index (κ3) is 5.58. The van der Waals surface area contributed by atoms with Gasteiger partial charge in [-0.15, -0.1) is 0 Å². The van der Waals surface area contributed by atoms with Gasteiger partial charge in [-0.2, -0.15) is 4.98 Å². The number of aryl methyl sites for hydroxylation is 2. The molecule has 4 rings (SSSR count). The monoisotopic (exact) mass is 440 g/mol. The lowest BCUT2D eigenvalue weighted by Crippen LogP contribution is -2.40. The highest BCUT2D eigenvalue weighted by atomic mass is 32.2. The number of sulfonamides is 1. The highest BCUT2D eigenvalue weighted by molar-refractivity contribution is 7.89. The molecule has 1 unspecified atom stereocenters. The summed E-state index contributed by atoms with van der Waals surface area (Å²) >= 11 is 0. The van der Waals surface area contributed by atoms with Crippen LogP contribution in [0.25, 0.3) is 11.4 Å². The Morgan fingerprint density at radius 2 is 1.94 bits per heavy atom. The first kappa shape index (κ1) is 21.7. The van der Waals surface area contributed by atoms with Crippen molar-refractivity contribution in [2.45, 2.75) is 38.1 Å². The van der Waals surface area contributed by atoms with E-state index in [1.165, 1.54) is 0 Å². The van der Waals surface area contributed by atoms with Crippen molar-refractivity contribution in [2.75, 3.05) is 19.6 Å². The van der Waals surface area contributed by atoms with Gasteiger partial charge in [-0.25, -0.2) is 13.1 Å². The zero-order valence-corrected chi connectivity index (χ0v) is 18.7. The van der Waals surface area contributed by atoms with Crippen LogP contribution in [-0.4, -0.2) is 43.1 Å². The first-order valence-corrected chi connectivity index (χ1v) is 12.1. The lowest BCUT2D eigenvalue weighted by molar-refractivity contribution is 0.151. The Labute approximate surface area is 183 Å². The van der Waals surface area contributed by atoms with Crippen LogP contribution >= 0.6 is 0 Å². The Kier molecular flexibility index (Phi) is 6.50. The van der Waals surface area contributed by atoms with Gasteiger partial charge in [0.1, 0.15) is 0 Å². The molecule has 1 aromatic heterocycles. The van der Waals surface area contributed by atoms with Crippen molar-refractivity contribution in [2.24, 2.45) is 5.92 Å². The van der Waals surface area contributed by atoms with Crippen LogP contribution in [0.15, 0.2) is 57.9 Å². The maximum atomic E-state index is 12.6. The molecular weight excluding hydrogens is 412 g/mol. The minimum atomic E-state index is -3.49. The molecule has 1 fully saturated rings. The van der Waals surface area contributed by atoms with E-state index in [0.29, 0.717) is 29.7 Å². The van der Waals surface area contributed by atoms with Gasteiger partial charge in [0.25, 0.3) is 0 Å². The number of aromatic nitrogens is 2. The summed E-state index contributed by atoms with van der Waals surface area (Å²) in [7, 11) is -3.49. The van der Waals surface area contributed by atoms with E-state index in [1.54, 1.807) is 12.1 Å². The van der Waals surface area contributed by atoms with Gasteiger partial charge in [0, 0.05) is 18.7 Å². The summed E-state index contributed by atoms with van der Waals surface area (Å²) < 4.78 is 33.4. The smallest absolute Gasteiger partial charge is 0.241 e. The summed E-state index contributed by atoms with van der Waals surface area (Å²) in [6, 6.07) is 14.9. The number of benzene rings is 2. The maximum absolute atomic E-state index is 12.6. The first-order chi connectivity index (χ1) is 14.9. The molecule has 1 saturated heterocycles. The average molecular weight is 441 g/mol. The van der Waals surface area contributed by atoms with Crippen molar-refractivity contribution in [1.82, 2.24) is 19.8 Å². The average Bonchev–Trinajstić information content (AvgIpc) is 3.21. The van der Waals surface area contributed by atoms with Gasteiger partial charge in [0.15, 0.2) is 0 Å². The molecule has 164 valence electrons. The van der Waals surface area contributed by atoms with E-state index in [9.17, 15) is 8.42 Å². The first-order valence-electron chi connectivity index (χ1n) is 10.6. The van der Waals surface area contributed by atoms with Gasteiger partial charge in [-0.1, -0.05) is 46.6 Å². The fourth-order valence-corrected chi connectivity index (χ4v) is 5.02. The van der Waals surface area contributed by atoms with Crippen LogP contribution < -0.4 is 4.72 Å². The summed E-state index contributed by atoms with van der Waals surface area (Å²) in [6.45, 7) is 6.69. The van der Waals surface area contributed by atoms with Crippen LogP contribution in [0.1, 0.15) is 29.9 Å². The molecule has 0 amide bonds. The number of hydrogen-bond acceptors (Lipinski definition) is 6. The summed E-state index contributed by atoms with van der Waals surface area (Å²) in [5.74, 6) is 1.42. The molecule has 31 heavy (non-hydrogen) atoms. The van der Waals surface area contributed by atoms with Crippen molar-refractivity contribution in [3.05, 3.63) is 65.5 Å². The largest absolute Gasteiger partial charge is 0.338 e. The molecule has 0 aliphatic carbocycles. The molecular formula is C23H28N4O3S. The van der Waals surface area contributed by atoms with E-state index in [4.69, 9.17) is 4.52 Å². The van der Waals surface area contributed by atoms with Crippen molar-refractivity contribution in [3.63, 3.8) is 0 Å². The number of likely N-dealkylation sites (tertiary alicyclic amines) is 1. The summed E-state index contributed by atoms with van der Waals surface area (Å²) in [5.41, 5.74) is 3.13. The van der Waals surface area contributed by atoms with E-state index in [-0.39, 0.29) is 5.92 Å². The fourth-order valence-electron chi connectivity index (χ4n) is 3.90. The zero-order chi connectivity index (χ0) is 21.8. The molecule has 0 bridgehead atoms. The number of nitrogens with one attached hydrogen (secondary N) is 1. The second-order valence-electron chi connectivity index (χ2n) is 8.29. The Bertz CT molecular complexity index is 1130. The minimum Gasteiger partial charge on any atom is -0.338 e. The van der Waals surface area contributed by atoms with Crippen LogP contribution in [0.5, 0.6) is 0 Å². The Hall–Kier alpha value is -2.55. The topological polar surface area (TPSA) is 88.3 Å². The standard InChI is InChI=1S/C23H28N4O3S/c1-17-8-10-21(11-9-17)31(28,29)24-14-19-6-4-12-27(15-19)16-22-25-23(26-30-22)20-7-3-5-18(2)13-20/h3,5,7-11,13,19,24H,4,6,12,14-16H2,1-2H3. The highest BCUT2D eigenvalue weighted by Gasteiger charge is 2.24. The van der Waals surface area contributed by atoms with Gasteiger partial charge in [-0.3, -0.25) is 4.90 Å². The molecule has 2 aromatic carbocycles. The molecule has 1 atom stereocenters. The number of nitrogens with zero attached hydrogens (tertiary/aromatic N) is 3. The highest BCUT2D eigenvalue weighted by Crippen LogP contribution is 2.21. The molecule has 0 radical (unpaired) electrons. The van der Waals surface area contributed by atoms with Crippen molar-refractivity contribution < 1.29 is 12.9 Å². The van der Waals surface area contributed by atoms with E-state index in [2.05, 4.69) is 19.8 Å². The molecule has 0 saturated carbocycles. The molecule has 1 aliphatic heterocycles. The third-order valence-corrected chi connectivity index (χ3v) is 7.04. The second kappa shape index (κ2) is 9.30. The second-order valence-corrected chi connectivity index (χ2v) is 10.1. The van der Waals surface area contributed by atoms with Crippen LogP contribution in [-0.2, 0) is 16.6 Å². The van der Waals surface area contributed by atoms with Gasteiger partial charge in [0.05, 0.1) is 11.4 Å². The molecule has 3 aromatic rings. The number of rotatable bonds is 7. The Morgan fingerprint density at radius 3 is 2.71 bits per heavy atom. The molecule has 8 heteroatoms. The van der Waals surface area contributed by atoms with E-state index < -0.39 is 10.0 Å². The molecule has 7 nitrogen and oxygen atoms in total. The normalized spacial score (nSPS) is 17.7. The summed E-state index contributed by atoms with van der Waals surface area (Å²) in [6.07, 6.45) is 2.00. The molecule has 1 aliphatic rings. The number of piperidine rings is 1. The van der Waals surface area contributed by atoms with Gasteiger partial charge in [-0.05, 0) is 57.4 Å². The molecule has 0 spiro atoms. The van der Waals surface area contributed by atoms with Gasteiger partial charge < -0.3 is 4.52 Å².